The maximum atomic E-state index is 12.5. The van der Waals surface area contributed by atoms with Crippen LogP contribution in [0.4, 0.5) is 18.3 Å². The minimum absolute atomic E-state index is 0.294. The Bertz CT molecular complexity index is 763. The minimum atomic E-state index is -4.33. The van der Waals surface area contributed by atoms with Gasteiger partial charge in [0.25, 0.3) is 0 Å². The fraction of sp³-hybridized carbons (Fsp3) is 0.286. The average molecular weight is 326 g/mol. The number of benzene rings is 1. The summed E-state index contributed by atoms with van der Waals surface area (Å²) >= 11 is 0.624. The third-order valence-corrected chi connectivity index (χ3v) is 4.16. The molecule has 0 aliphatic heterocycles. The molecule has 22 heavy (non-hydrogen) atoms. The Morgan fingerprint density at radius 1 is 1.18 bits per heavy atom. The summed E-state index contributed by atoms with van der Waals surface area (Å²) in [6.45, 7) is 1.29. The number of hydrogen-bond acceptors (Lipinski definition) is 4. The Kier molecular flexibility index (Phi) is 4.02. The third-order valence-electron chi connectivity index (χ3n) is 3.16. The molecule has 0 saturated carbocycles. The zero-order chi connectivity index (χ0) is 15.6. The predicted molar refractivity (Wildman–Crippen MR) is 80.0 cm³/mol. The lowest BCUT2D eigenvalue weighted by molar-refractivity contribution is -0.134. The molecule has 3 aromatic rings. The van der Waals surface area contributed by atoms with Gasteiger partial charge in [0.2, 0.25) is 0 Å². The quantitative estimate of drug-likeness (QED) is 0.720. The number of imidazole rings is 1. The fourth-order valence-electron chi connectivity index (χ4n) is 2.12. The Labute approximate surface area is 128 Å². The number of nitrogens with zero attached hydrogens (tertiary/aromatic N) is 3. The number of aromatic nitrogens is 3. The molecule has 0 unspecified atom stereocenters. The zero-order valence-corrected chi connectivity index (χ0v) is 12.3. The van der Waals surface area contributed by atoms with E-state index in [2.05, 4.69) is 15.3 Å². The first kappa shape index (κ1) is 14.8. The van der Waals surface area contributed by atoms with Gasteiger partial charge in [-0.2, -0.15) is 13.2 Å². The monoisotopic (exact) mass is 326 g/mol. The lowest BCUT2D eigenvalue weighted by atomic mass is 10.3. The van der Waals surface area contributed by atoms with E-state index >= 15 is 0 Å². The van der Waals surface area contributed by atoms with Crippen molar-refractivity contribution in [3.05, 3.63) is 41.7 Å². The van der Waals surface area contributed by atoms with E-state index < -0.39 is 11.1 Å². The van der Waals surface area contributed by atoms with Crippen LogP contribution >= 0.6 is 11.3 Å². The van der Waals surface area contributed by atoms with Crippen LogP contribution in [0.5, 0.6) is 0 Å². The van der Waals surface area contributed by atoms with Gasteiger partial charge in [0.05, 0.1) is 23.6 Å². The molecule has 0 fully saturated rings. The molecule has 3 rings (SSSR count). The zero-order valence-electron chi connectivity index (χ0n) is 11.5. The van der Waals surface area contributed by atoms with Crippen LogP contribution in [0.15, 0.2) is 36.8 Å². The number of para-hydroxylation sites is 2. The summed E-state index contributed by atoms with van der Waals surface area (Å²) in [5, 5.41) is 3.22. The van der Waals surface area contributed by atoms with E-state index in [1.807, 2.05) is 28.8 Å². The standard InChI is InChI=1S/C14H13F3N4S/c15-14(16,17)12-8-19-13(22-12)18-6-3-7-21-9-20-10-4-1-2-5-11(10)21/h1-2,4-5,8-9H,3,6-7H2,(H,18,19). The van der Waals surface area contributed by atoms with Crippen molar-refractivity contribution in [1.82, 2.24) is 14.5 Å². The van der Waals surface area contributed by atoms with E-state index in [1.165, 1.54) is 0 Å². The molecule has 0 radical (unpaired) electrons. The topological polar surface area (TPSA) is 42.7 Å². The van der Waals surface area contributed by atoms with E-state index in [1.54, 1.807) is 6.33 Å². The van der Waals surface area contributed by atoms with Crippen molar-refractivity contribution in [2.24, 2.45) is 0 Å². The molecule has 0 saturated heterocycles. The maximum absolute atomic E-state index is 12.5. The molecular weight excluding hydrogens is 313 g/mol. The summed E-state index contributed by atoms with van der Waals surface area (Å²) in [5.41, 5.74) is 1.99. The number of fused-ring (bicyclic) bond motifs is 1. The first-order valence-electron chi connectivity index (χ1n) is 6.71. The smallest absolute Gasteiger partial charge is 0.361 e. The van der Waals surface area contributed by atoms with Crippen LogP contribution in [0.3, 0.4) is 0 Å². The summed E-state index contributed by atoms with van der Waals surface area (Å²) in [7, 11) is 0. The summed E-state index contributed by atoms with van der Waals surface area (Å²) in [5.74, 6) is 0. The van der Waals surface area contributed by atoms with Crippen LogP contribution in [-0.2, 0) is 12.7 Å². The molecule has 0 atom stereocenters. The number of alkyl halides is 3. The van der Waals surface area contributed by atoms with Crippen molar-refractivity contribution in [2.75, 3.05) is 11.9 Å². The number of anilines is 1. The van der Waals surface area contributed by atoms with Gasteiger partial charge in [-0.15, -0.1) is 0 Å². The summed E-state index contributed by atoms with van der Waals surface area (Å²) in [6.07, 6.45) is -0.930. The molecule has 1 aromatic carbocycles. The third kappa shape index (κ3) is 3.22. The molecule has 116 valence electrons. The number of hydrogen-bond donors (Lipinski definition) is 1. The second-order valence-electron chi connectivity index (χ2n) is 4.73. The minimum Gasteiger partial charge on any atom is -0.361 e. The highest BCUT2D eigenvalue weighted by molar-refractivity contribution is 7.15. The van der Waals surface area contributed by atoms with Crippen molar-refractivity contribution >= 4 is 27.5 Å². The van der Waals surface area contributed by atoms with Crippen LogP contribution < -0.4 is 5.32 Å². The average Bonchev–Trinajstić information content (AvgIpc) is 3.10. The van der Waals surface area contributed by atoms with Crippen LogP contribution in [0.1, 0.15) is 11.3 Å². The maximum Gasteiger partial charge on any atom is 0.427 e. The largest absolute Gasteiger partial charge is 0.427 e. The molecule has 4 nitrogen and oxygen atoms in total. The summed E-state index contributed by atoms with van der Waals surface area (Å²) < 4.78 is 39.4. The number of halogens is 3. The van der Waals surface area contributed by atoms with E-state index in [-0.39, 0.29) is 0 Å². The highest BCUT2D eigenvalue weighted by Crippen LogP contribution is 2.34. The van der Waals surface area contributed by atoms with E-state index in [4.69, 9.17) is 0 Å². The highest BCUT2D eigenvalue weighted by atomic mass is 32.1. The highest BCUT2D eigenvalue weighted by Gasteiger charge is 2.33. The van der Waals surface area contributed by atoms with E-state index in [0.717, 1.165) is 30.2 Å². The number of thiazole rings is 1. The summed E-state index contributed by atoms with van der Waals surface area (Å²) in [4.78, 5) is 7.34. The Morgan fingerprint density at radius 2 is 2.00 bits per heavy atom. The molecule has 0 amide bonds. The molecule has 0 bridgehead atoms. The normalized spacial score (nSPS) is 12.0. The molecule has 0 aliphatic carbocycles. The van der Waals surface area contributed by atoms with Crippen molar-refractivity contribution < 1.29 is 13.2 Å². The van der Waals surface area contributed by atoms with Crippen LogP contribution in [0.2, 0.25) is 0 Å². The van der Waals surface area contributed by atoms with Crippen molar-refractivity contribution in [3.8, 4) is 0 Å². The lowest BCUT2D eigenvalue weighted by Crippen LogP contribution is -2.05. The second kappa shape index (κ2) is 5.96. The Hall–Kier alpha value is -2.09. The van der Waals surface area contributed by atoms with Gasteiger partial charge < -0.3 is 9.88 Å². The van der Waals surface area contributed by atoms with Crippen molar-refractivity contribution in [2.45, 2.75) is 19.1 Å². The predicted octanol–water partition coefficient (Wildman–Crippen LogP) is 4.01. The number of nitrogens with one attached hydrogen (secondary N) is 1. The van der Waals surface area contributed by atoms with Gasteiger partial charge in [0.15, 0.2) is 5.13 Å². The summed E-state index contributed by atoms with van der Waals surface area (Å²) in [6, 6.07) is 7.82. The molecule has 1 N–H and O–H groups in total. The van der Waals surface area contributed by atoms with Gasteiger partial charge in [-0.05, 0) is 18.6 Å². The molecule has 0 spiro atoms. The van der Waals surface area contributed by atoms with E-state index in [0.29, 0.717) is 23.0 Å². The van der Waals surface area contributed by atoms with Crippen molar-refractivity contribution in [3.63, 3.8) is 0 Å². The molecular formula is C14H13F3N4S. The SMILES string of the molecule is FC(F)(F)c1cnc(NCCCn2cnc3ccccc32)s1. The number of aryl methyl sites for hydroxylation is 1. The van der Waals surface area contributed by atoms with Gasteiger partial charge in [-0.1, -0.05) is 23.5 Å². The lowest BCUT2D eigenvalue weighted by Gasteiger charge is -2.05. The molecule has 2 aromatic heterocycles. The van der Waals surface area contributed by atoms with Crippen LogP contribution in [0, 0.1) is 0 Å². The van der Waals surface area contributed by atoms with Gasteiger partial charge in [0, 0.05) is 13.1 Å². The first-order chi connectivity index (χ1) is 10.5. The molecule has 2 heterocycles. The van der Waals surface area contributed by atoms with Gasteiger partial charge in [0.1, 0.15) is 4.88 Å². The Balaban J connectivity index is 1.52. The molecule has 8 heteroatoms. The fourth-order valence-corrected chi connectivity index (χ4v) is 2.83. The van der Waals surface area contributed by atoms with Crippen molar-refractivity contribution in [1.29, 1.82) is 0 Å². The van der Waals surface area contributed by atoms with Gasteiger partial charge in [-0.3, -0.25) is 0 Å². The van der Waals surface area contributed by atoms with E-state index in [9.17, 15) is 13.2 Å². The molecule has 0 aliphatic rings. The van der Waals surface area contributed by atoms with Crippen LogP contribution in [0.25, 0.3) is 11.0 Å². The first-order valence-corrected chi connectivity index (χ1v) is 7.52. The van der Waals surface area contributed by atoms with Gasteiger partial charge >= 0.3 is 6.18 Å². The van der Waals surface area contributed by atoms with Gasteiger partial charge in [-0.25, -0.2) is 9.97 Å². The Morgan fingerprint density at radius 3 is 2.77 bits per heavy atom. The second-order valence-corrected chi connectivity index (χ2v) is 5.77. The number of rotatable bonds is 5. The van der Waals surface area contributed by atoms with Crippen LogP contribution in [-0.4, -0.2) is 21.1 Å².